The zero-order chi connectivity index (χ0) is 15.5. The van der Waals surface area contributed by atoms with Crippen LogP contribution < -0.4 is 9.47 Å². The molecular weight excluding hydrogens is 344 g/mol. The molecule has 0 saturated carbocycles. The van der Waals surface area contributed by atoms with Gasteiger partial charge in [-0.2, -0.15) is 0 Å². The molecule has 2 aromatic heterocycles. The quantitative estimate of drug-likeness (QED) is 0.712. The Kier molecular flexibility index (Phi) is 4.24. The number of nitrogens with one attached hydrogen (secondary N) is 2. The Morgan fingerprint density at radius 1 is 0.909 bits per heavy atom. The van der Waals surface area contributed by atoms with Gasteiger partial charge in [-0.3, -0.25) is 0 Å². The van der Waals surface area contributed by atoms with E-state index in [1.807, 2.05) is 36.7 Å². The molecule has 1 aromatic carbocycles. The lowest BCUT2D eigenvalue weighted by atomic mass is 9.91. The van der Waals surface area contributed by atoms with Crippen molar-refractivity contribution in [2.24, 2.45) is 0 Å². The first-order valence-electron chi connectivity index (χ1n) is 6.92. The molecule has 0 bridgehead atoms. The Balaban J connectivity index is 2.20. The number of methoxy groups -OCH3 is 2. The molecule has 0 amide bonds. The lowest BCUT2D eigenvalue weighted by Gasteiger charge is -2.20. The number of benzene rings is 1. The average molecular weight is 361 g/mol. The fourth-order valence-electron chi connectivity index (χ4n) is 2.66. The van der Waals surface area contributed by atoms with Crippen LogP contribution >= 0.6 is 15.9 Å². The van der Waals surface area contributed by atoms with Crippen LogP contribution in [0.1, 0.15) is 22.9 Å². The van der Waals surface area contributed by atoms with Gasteiger partial charge in [-0.05, 0) is 52.3 Å². The molecule has 5 heteroatoms. The predicted molar refractivity (Wildman–Crippen MR) is 89.8 cm³/mol. The molecular formula is C17H17BrN2O2. The molecule has 0 unspecified atom stereocenters. The summed E-state index contributed by atoms with van der Waals surface area (Å²) in [5, 5.41) is 0. The molecule has 0 fully saturated rings. The first kappa shape index (κ1) is 14.8. The Morgan fingerprint density at radius 3 is 1.95 bits per heavy atom. The summed E-state index contributed by atoms with van der Waals surface area (Å²) in [5.74, 6) is 1.60. The molecule has 2 heterocycles. The zero-order valence-corrected chi connectivity index (χ0v) is 14.0. The van der Waals surface area contributed by atoms with Crippen molar-refractivity contribution in [3.63, 3.8) is 0 Å². The minimum Gasteiger partial charge on any atom is -0.496 e. The van der Waals surface area contributed by atoms with Gasteiger partial charge < -0.3 is 19.4 Å². The van der Waals surface area contributed by atoms with Crippen molar-refractivity contribution < 1.29 is 9.47 Å². The van der Waals surface area contributed by atoms with Crippen LogP contribution in [0.2, 0.25) is 0 Å². The second-order valence-electron chi connectivity index (χ2n) is 4.91. The second-order valence-corrected chi connectivity index (χ2v) is 5.77. The summed E-state index contributed by atoms with van der Waals surface area (Å²) in [7, 11) is 3.34. The molecule has 114 valence electrons. The van der Waals surface area contributed by atoms with Gasteiger partial charge in [0.25, 0.3) is 0 Å². The lowest BCUT2D eigenvalue weighted by molar-refractivity contribution is 0.396. The van der Waals surface area contributed by atoms with Crippen LogP contribution in [-0.4, -0.2) is 24.2 Å². The van der Waals surface area contributed by atoms with Crippen LogP contribution in [0.15, 0.2) is 53.3 Å². The summed E-state index contributed by atoms with van der Waals surface area (Å²) in [6.07, 6.45) is 3.85. The second kappa shape index (κ2) is 6.32. The van der Waals surface area contributed by atoms with E-state index in [1.54, 1.807) is 14.2 Å². The Hall–Kier alpha value is -2.14. The highest BCUT2D eigenvalue weighted by atomic mass is 79.9. The smallest absolute Gasteiger partial charge is 0.133 e. The number of aromatic amines is 2. The highest BCUT2D eigenvalue weighted by molar-refractivity contribution is 9.10. The van der Waals surface area contributed by atoms with Gasteiger partial charge in [-0.25, -0.2) is 0 Å². The van der Waals surface area contributed by atoms with Crippen LogP contribution in [0.3, 0.4) is 0 Å². The number of hydrogen-bond donors (Lipinski definition) is 2. The Morgan fingerprint density at radius 2 is 1.50 bits per heavy atom. The van der Waals surface area contributed by atoms with E-state index in [0.29, 0.717) is 0 Å². The van der Waals surface area contributed by atoms with Crippen molar-refractivity contribution in [1.82, 2.24) is 9.97 Å². The third-order valence-corrected chi connectivity index (χ3v) is 4.30. The minimum absolute atomic E-state index is 0.0157. The summed E-state index contributed by atoms with van der Waals surface area (Å²) >= 11 is 3.51. The highest BCUT2D eigenvalue weighted by Gasteiger charge is 2.24. The average Bonchev–Trinajstić information content (AvgIpc) is 3.22. The summed E-state index contributed by atoms with van der Waals surface area (Å²) < 4.78 is 11.9. The summed E-state index contributed by atoms with van der Waals surface area (Å²) in [6, 6.07) is 12.1. The Labute approximate surface area is 137 Å². The highest BCUT2D eigenvalue weighted by Crippen LogP contribution is 2.41. The number of halogens is 1. The molecule has 0 radical (unpaired) electrons. The van der Waals surface area contributed by atoms with E-state index in [4.69, 9.17) is 9.47 Å². The number of hydrogen-bond acceptors (Lipinski definition) is 2. The topological polar surface area (TPSA) is 50.0 Å². The SMILES string of the molecule is COc1cc(C(c2ccc[nH]2)c2ccc[nH]2)c(OC)cc1Br. The normalized spacial score (nSPS) is 10.9. The van der Waals surface area contributed by atoms with E-state index in [9.17, 15) is 0 Å². The van der Waals surface area contributed by atoms with Crippen LogP contribution in [0.5, 0.6) is 11.5 Å². The monoisotopic (exact) mass is 360 g/mol. The third-order valence-electron chi connectivity index (χ3n) is 3.68. The van der Waals surface area contributed by atoms with Gasteiger partial charge in [-0.15, -0.1) is 0 Å². The van der Waals surface area contributed by atoms with Crippen molar-refractivity contribution in [2.45, 2.75) is 5.92 Å². The summed E-state index contributed by atoms with van der Waals surface area (Å²) in [6.45, 7) is 0. The standard InChI is InChI=1S/C17H17BrN2O2/c1-21-15-10-12(18)16(22-2)9-11(15)17(13-5-3-7-19-13)14-6-4-8-20-14/h3-10,17,19-20H,1-2H3. The molecule has 0 spiro atoms. The van der Waals surface area contributed by atoms with Crippen LogP contribution in [0.25, 0.3) is 0 Å². The maximum atomic E-state index is 5.59. The van der Waals surface area contributed by atoms with Gasteiger partial charge >= 0.3 is 0 Å². The summed E-state index contributed by atoms with van der Waals surface area (Å²) in [5.41, 5.74) is 3.21. The van der Waals surface area contributed by atoms with E-state index in [1.165, 1.54) is 0 Å². The molecule has 0 aliphatic rings. The van der Waals surface area contributed by atoms with Gasteiger partial charge in [-0.1, -0.05) is 0 Å². The van der Waals surface area contributed by atoms with Gasteiger partial charge in [0, 0.05) is 29.3 Å². The largest absolute Gasteiger partial charge is 0.496 e. The molecule has 0 aliphatic carbocycles. The van der Waals surface area contributed by atoms with E-state index >= 15 is 0 Å². The first-order valence-corrected chi connectivity index (χ1v) is 7.72. The van der Waals surface area contributed by atoms with Crippen LogP contribution in [0.4, 0.5) is 0 Å². The van der Waals surface area contributed by atoms with E-state index in [2.05, 4.69) is 38.0 Å². The first-order chi connectivity index (χ1) is 10.7. The predicted octanol–water partition coefficient (Wildman–Crippen LogP) is 4.30. The van der Waals surface area contributed by atoms with E-state index in [-0.39, 0.29) is 5.92 Å². The molecule has 4 nitrogen and oxygen atoms in total. The fourth-order valence-corrected chi connectivity index (χ4v) is 3.14. The molecule has 3 aromatic rings. The van der Waals surface area contributed by atoms with Crippen LogP contribution in [0, 0.1) is 0 Å². The maximum absolute atomic E-state index is 5.59. The lowest BCUT2D eigenvalue weighted by Crippen LogP contribution is -2.07. The van der Waals surface area contributed by atoms with Gasteiger partial charge in [0.2, 0.25) is 0 Å². The Bertz CT molecular complexity index is 702. The van der Waals surface area contributed by atoms with E-state index < -0.39 is 0 Å². The van der Waals surface area contributed by atoms with Gasteiger partial charge in [0.05, 0.1) is 24.6 Å². The van der Waals surface area contributed by atoms with Crippen molar-refractivity contribution >= 4 is 15.9 Å². The molecule has 22 heavy (non-hydrogen) atoms. The molecule has 0 saturated heterocycles. The fraction of sp³-hybridized carbons (Fsp3) is 0.176. The maximum Gasteiger partial charge on any atom is 0.133 e. The van der Waals surface area contributed by atoms with Gasteiger partial charge in [0.1, 0.15) is 11.5 Å². The van der Waals surface area contributed by atoms with E-state index in [0.717, 1.165) is 32.9 Å². The number of ether oxygens (including phenoxy) is 2. The molecule has 2 N–H and O–H groups in total. The number of aromatic nitrogens is 2. The van der Waals surface area contributed by atoms with Crippen LogP contribution in [-0.2, 0) is 0 Å². The van der Waals surface area contributed by atoms with Crippen molar-refractivity contribution in [3.05, 3.63) is 70.2 Å². The summed E-state index contributed by atoms with van der Waals surface area (Å²) in [4.78, 5) is 6.60. The van der Waals surface area contributed by atoms with Crippen molar-refractivity contribution in [2.75, 3.05) is 14.2 Å². The number of H-pyrrole nitrogens is 2. The third kappa shape index (κ3) is 2.64. The van der Waals surface area contributed by atoms with Gasteiger partial charge in [0.15, 0.2) is 0 Å². The molecule has 0 atom stereocenters. The molecule has 0 aliphatic heterocycles. The van der Waals surface area contributed by atoms with Crippen molar-refractivity contribution in [3.8, 4) is 11.5 Å². The van der Waals surface area contributed by atoms with Crippen molar-refractivity contribution in [1.29, 1.82) is 0 Å². The zero-order valence-electron chi connectivity index (χ0n) is 12.4. The number of rotatable bonds is 5. The molecule has 3 rings (SSSR count). The minimum atomic E-state index is 0.0157.